The van der Waals surface area contributed by atoms with Crippen molar-refractivity contribution in [3.63, 3.8) is 0 Å². The van der Waals surface area contributed by atoms with Gasteiger partial charge in [0.1, 0.15) is 17.5 Å². The van der Waals surface area contributed by atoms with E-state index in [1.807, 2.05) is 6.07 Å². The molecule has 0 unspecified atom stereocenters. The molecule has 0 bridgehead atoms. The maximum Gasteiger partial charge on any atom is 0.222 e. The van der Waals surface area contributed by atoms with Crippen LogP contribution >= 0.6 is 0 Å². The van der Waals surface area contributed by atoms with Crippen LogP contribution in [-0.4, -0.2) is 34.2 Å². The van der Waals surface area contributed by atoms with Gasteiger partial charge in [-0.25, -0.2) is 15.0 Å². The zero-order valence-electron chi connectivity index (χ0n) is 14.6. The van der Waals surface area contributed by atoms with Crippen LogP contribution in [0.5, 0.6) is 0 Å². The van der Waals surface area contributed by atoms with Gasteiger partial charge in [-0.15, -0.1) is 0 Å². The molecule has 4 rings (SSSR count). The zero-order valence-corrected chi connectivity index (χ0v) is 14.6. The van der Waals surface area contributed by atoms with Gasteiger partial charge in [-0.2, -0.15) is 5.26 Å². The normalized spacial score (nSPS) is 19.7. The number of nitrogens with two attached hydrogens (primary N) is 1. The van der Waals surface area contributed by atoms with Gasteiger partial charge in [-0.3, -0.25) is 0 Å². The number of aromatic nitrogens is 3. The summed E-state index contributed by atoms with van der Waals surface area (Å²) in [6, 6.07) is 4.14. The van der Waals surface area contributed by atoms with E-state index in [1.165, 1.54) is 6.42 Å². The highest BCUT2D eigenvalue weighted by Crippen LogP contribution is 2.38. The second-order valence-electron chi connectivity index (χ2n) is 6.91. The topological polar surface area (TPSA) is 110 Å². The van der Waals surface area contributed by atoms with Crippen LogP contribution in [0.25, 0.3) is 11.1 Å². The molecule has 2 aromatic heterocycles. The van der Waals surface area contributed by atoms with E-state index in [0.717, 1.165) is 49.1 Å². The summed E-state index contributed by atoms with van der Waals surface area (Å²) >= 11 is 0. The number of anilines is 2. The predicted molar refractivity (Wildman–Crippen MR) is 98.4 cm³/mol. The third-order valence-corrected chi connectivity index (χ3v) is 5.18. The summed E-state index contributed by atoms with van der Waals surface area (Å²) in [4.78, 5) is 13.2. The Morgan fingerprint density at radius 2 is 2.04 bits per heavy atom. The number of rotatable bonds is 5. The maximum absolute atomic E-state index is 9.48. The lowest BCUT2D eigenvalue weighted by atomic mass is 9.82. The highest BCUT2D eigenvalue weighted by molar-refractivity contribution is 5.75. The maximum atomic E-state index is 9.48. The van der Waals surface area contributed by atoms with Crippen molar-refractivity contribution in [1.82, 2.24) is 15.0 Å². The van der Waals surface area contributed by atoms with Gasteiger partial charge in [0.15, 0.2) is 0 Å². The third kappa shape index (κ3) is 3.33. The fourth-order valence-corrected chi connectivity index (χ4v) is 3.41. The summed E-state index contributed by atoms with van der Waals surface area (Å²) in [7, 11) is 0. The molecule has 2 aliphatic rings. The molecular weight excluding hydrogens is 328 g/mol. The predicted octanol–water partition coefficient (Wildman–Crippen LogP) is 2.85. The lowest BCUT2D eigenvalue weighted by Gasteiger charge is -2.25. The molecule has 26 heavy (non-hydrogen) atoms. The first-order valence-electron chi connectivity index (χ1n) is 9.13. The second-order valence-corrected chi connectivity index (χ2v) is 6.91. The molecule has 0 radical (unpaired) electrons. The van der Waals surface area contributed by atoms with E-state index in [0.29, 0.717) is 24.0 Å². The molecular formula is C19H22N6O. The van der Waals surface area contributed by atoms with Gasteiger partial charge in [-0.1, -0.05) is 6.42 Å². The summed E-state index contributed by atoms with van der Waals surface area (Å²) in [5.41, 5.74) is 8.91. The summed E-state index contributed by atoms with van der Waals surface area (Å²) in [5.74, 6) is 1.29. The van der Waals surface area contributed by atoms with E-state index < -0.39 is 0 Å². The van der Waals surface area contributed by atoms with Crippen LogP contribution in [0, 0.1) is 11.3 Å². The van der Waals surface area contributed by atoms with Crippen molar-refractivity contribution in [2.75, 3.05) is 24.2 Å². The molecule has 7 heteroatoms. The van der Waals surface area contributed by atoms with Crippen molar-refractivity contribution in [3.05, 3.63) is 29.7 Å². The van der Waals surface area contributed by atoms with Crippen molar-refractivity contribution in [3.8, 4) is 17.2 Å². The molecule has 1 saturated heterocycles. The molecule has 3 heterocycles. The molecule has 3 N–H and O–H groups in total. The van der Waals surface area contributed by atoms with Crippen LogP contribution in [0.2, 0.25) is 0 Å². The minimum Gasteiger partial charge on any atom is -0.383 e. The number of ether oxygens (including phenoxy) is 1. The highest BCUT2D eigenvalue weighted by atomic mass is 16.5. The van der Waals surface area contributed by atoms with Gasteiger partial charge < -0.3 is 15.8 Å². The number of nitriles is 1. The fourth-order valence-electron chi connectivity index (χ4n) is 3.41. The van der Waals surface area contributed by atoms with Gasteiger partial charge in [0, 0.05) is 48.3 Å². The van der Waals surface area contributed by atoms with Gasteiger partial charge in [0.25, 0.3) is 0 Å². The summed E-state index contributed by atoms with van der Waals surface area (Å²) in [5, 5.41) is 12.7. The Morgan fingerprint density at radius 3 is 2.65 bits per heavy atom. The van der Waals surface area contributed by atoms with Crippen molar-refractivity contribution in [2.24, 2.45) is 0 Å². The smallest absolute Gasteiger partial charge is 0.222 e. The molecule has 0 amide bonds. The van der Waals surface area contributed by atoms with E-state index >= 15 is 0 Å². The van der Waals surface area contributed by atoms with Crippen LogP contribution in [0.1, 0.15) is 49.3 Å². The van der Waals surface area contributed by atoms with Crippen molar-refractivity contribution >= 4 is 11.8 Å². The van der Waals surface area contributed by atoms with E-state index in [9.17, 15) is 5.26 Å². The van der Waals surface area contributed by atoms with Crippen LogP contribution in [0.3, 0.4) is 0 Å². The van der Waals surface area contributed by atoms with E-state index in [4.69, 9.17) is 10.5 Å². The Hall–Kier alpha value is -2.72. The van der Waals surface area contributed by atoms with Crippen LogP contribution in [-0.2, 0) is 4.74 Å². The lowest BCUT2D eigenvalue weighted by Crippen LogP contribution is -2.19. The molecule has 1 aliphatic heterocycles. The Morgan fingerprint density at radius 1 is 1.23 bits per heavy atom. The van der Waals surface area contributed by atoms with Crippen molar-refractivity contribution in [1.29, 1.82) is 5.26 Å². The molecule has 1 saturated carbocycles. The minimum absolute atomic E-state index is 0.230. The van der Waals surface area contributed by atoms with Gasteiger partial charge in [0.2, 0.25) is 5.95 Å². The first kappa shape index (κ1) is 16.7. The SMILES string of the molecule is N#Cc1c(-c2cnc(NC[C@H]3CCCO3)nc2)cc(C2CCC2)nc1N. The van der Waals surface area contributed by atoms with E-state index in [-0.39, 0.29) is 11.9 Å². The molecule has 7 nitrogen and oxygen atoms in total. The van der Waals surface area contributed by atoms with Gasteiger partial charge in [0.05, 0.1) is 6.10 Å². The number of hydrogen-bond donors (Lipinski definition) is 2. The number of nitrogen functional groups attached to an aromatic ring is 1. The van der Waals surface area contributed by atoms with Crippen LogP contribution < -0.4 is 11.1 Å². The van der Waals surface area contributed by atoms with Gasteiger partial charge >= 0.3 is 0 Å². The van der Waals surface area contributed by atoms with Crippen LogP contribution in [0.15, 0.2) is 18.5 Å². The molecule has 1 aliphatic carbocycles. The number of nitrogens with one attached hydrogen (secondary N) is 1. The van der Waals surface area contributed by atoms with Gasteiger partial charge in [-0.05, 0) is 31.7 Å². The van der Waals surface area contributed by atoms with E-state index in [1.54, 1.807) is 12.4 Å². The third-order valence-electron chi connectivity index (χ3n) is 5.18. The van der Waals surface area contributed by atoms with Crippen LogP contribution in [0.4, 0.5) is 11.8 Å². The largest absolute Gasteiger partial charge is 0.383 e. The average Bonchev–Trinajstić information content (AvgIpc) is 3.12. The summed E-state index contributed by atoms with van der Waals surface area (Å²) < 4.78 is 5.59. The molecule has 0 aromatic carbocycles. The Kier molecular flexibility index (Phi) is 4.67. The molecule has 134 valence electrons. The zero-order chi connectivity index (χ0) is 17.9. The number of hydrogen-bond acceptors (Lipinski definition) is 7. The molecule has 2 aromatic rings. The Balaban J connectivity index is 1.56. The van der Waals surface area contributed by atoms with Crippen molar-refractivity contribution < 1.29 is 4.74 Å². The van der Waals surface area contributed by atoms with Crippen molar-refractivity contribution in [2.45, 2.75) is 44.1 Å². The summed E-state index contributed by atoms with van der Waals surface area (Å²) in [6.07, 6.45) is 9.33. The first-order valence-corrected chi connectivity index (χ1v) is 9.13. The quantitative estimate of drug-likeness (QED) is 0.853. The summed E-state index contributed by atoms with van der Waals surface area (Å²) in [6.45, 7) is 1.53. The fraction of sp³-hybridized carbons (Fsp3) is 0.474. The minimum atomic E-state index is 0.230. The molecule has 0 spiro atoms. The Bertz CT molecular complexity index is 819. The second kappa shape index (κ2) is 7.26. The standard InChI is InChI=1S/C19H22N6O/c20-8-16-15(7-17(25-18(16)21)12-3-1-4-12)13-9-22-19(23-10-13)24-11-14-5-2-6-26-14/h7,9-10,12,14H,1-6,11H2,(H2,21,25)(H,22,23,24)/t14-/m1/s1. The monoisotopic (exact) mass is 350 g/mol. The number of pyridine rings is 1. The molecule has 1 atom stereocenters. The number of nitrogens with zero attached hydrogens (tertiary/aromatic N) is 4. The highest BCUT2D eigenvalue weighted by Gasteiger charge is 2.24. The Labute approximate surface area is 152 Å². The van der Waals surface area contributed by atoms with E-state index in [2.05, 4.69) is 26.3 Å². The average molecular weight is 350 g/mol. The first-order chi connectivity index (χ1) is 12.7. The molecule has 2 fully saturated rings. The lowest BCUT2D eigenvalue weighted by molar-refractivity contribution is 0.120.